The Kier molecular flexibility index (Phi) is 3.28. The summed E-state index contributed by atoms with van der Waals surface area (Å²) in [5.74, 6) is 0.638. The number of nitrogens with one attached hydrogen (secondary N) is 1. The molecule has 0 aromatic heterocycles. The lowest BCUT2D eigenvalue weighted by Gasteiger charge is -2.21. The van der Waals surface area contributed by atoms with E-state index in [1.807, 2.05) is 6.92 Å². The third-order valence-corrected chi connectivity index (χ3v) is 1.98. The molecule has 0 spiro atoms. The van der Waals surface area contributed by atoms with Crippen molar-refractivity contribution in [2.24, 2.45) is 0 Å². The molecule has 0 amide bonds. The fourth-order valence-electron chi connectivity index (χ4n) is 1.24. The number of ether oxygens (including phenoxy) is 1. The Labute approximate surface area is 76.3 Å². The molecule has 13 heavy (non-hydrogen) atoms. The lowest BCUT2D eigenvalue weighted by molar-refractivity contribution is 0.121. The Balaban J connectivity index is 2.75. The molecule has 4 heteroatoms. The van der Waals surface area contributed by atoms with Gasteiger partial charge in [0.15, 0.2) is 0 Å². The van der Waals surface area contributed by atoms with Gasteiger partial charge in [-0.25, -0.2) is 8.78 Å². The van der Waals surface area contributed by atoms with Gasteiger partial charge in [0.1, 0.15) is 11.8 Å². The van der Waals surface area contributed by atoms with Gasteiger partial charge >= 0.3 is 0 Å². The Morgan fingerprint density at radius 1 is 1.62 bits per heavy atom. The van der Waals surface area contributed by atoms with E-state index in [0.29, 0.717) is 12.2 Å². The summed E-state index contributed by atoms with van der Waals surface area (Å²) in [5.41, 5.74) is 0.826. The van der Waals surface area contributed by atoms with Crippen LogP contribution in [-0.4, -0.2) is 19.6 Å². The molecule has 0 bridgehead atoms. The minimum atomic E-state index is -2.38. The van der Waals surface area contributed by atoms with E-state index in [2.05, 4.69) is 5.32 Å². The second-order valence-electron chi connectivity index (χ2n) is 2.79. The van der Waals surface area contributed by atoms with Gasteiger partial charge in [0, 0.05) is 6.20 Å². The van der Waals surface area contributed by atoms with Gasteiger partial charge in [-0.3, -0.25) is 0 Å². The normalized spacial score (nSPS) is 22.1. The summed E-state index contributed by atoms with van der Waals surface area (Å²) in [6.45, 7) is 1.91. The van der Waals surface area contributed by atoms with Crippen LogP contribution in [0.25, 0.3) is 0 Å². The minimum Gasteiger partial charge on any atom is -0.495 e. The standard InChI is InChI=1S/C9H13F2NO/c1-3-6-4-7(9(10)11)12-5-8(6)13-2/h4-5,7,9,12H,3H2,1-2H3. The van der Waals surface area contributed by atoms with Crippen LogP contribution in [0.3, 0.4) is 0 Å². The predicted molar refractivity (Wildman–Crippen MR) is 46.4 cm³/mol. The van der Waals surface area contributed by atoms with E-state index in [0.717, 1.165) is 5.57 Å². The van der Waals surface area contributed by atoms with Crippen molar-refractivity contribution in [3.8, 4) is 0 Å². The van der Waals surface area contributed by atoms with Crippen LogP contribution in [0, 0.1) is 0 Å². The van der Waals surface area contributed by atoms with Crippen LogP contribution in [0.15, 0.2) is 23.6 Å². The molecule has 0 saturated heterocycles. The fourth-order valence-corrected chi connectivity index (χ4v) is 1.24. The van der Waals surface area contributed by atoms with Crippen molar-refractivity contribution in [1.82, 2.24) is 5.32 Å². The van der Waals surface area contributed by atoms with Gasteiger partial charge in [-0.15, -0.1) is 0 Å². The molecule has 1 heterocycles. The number of allylic oxidation sites excluding steroid dienone is 1. The molecule has 0 radical (unpaired) electrons. The zero-order valence-corrected chi connectivity index (χ0v) is 7.68. The van der Waals surface area contributed by atoms with Crippen molar-refractivity contribution in [3.63, 3.8) is 0 Å². The van der Waals surface area contributed by atoms with Crippen molar-refractivity contribution in [2.75, 3.05) is 7.11 Å². The van der Waals surface area contributed by atoms with Crippen LogP contribution in [0.1, 0.15) is 13.3 Å². The molecule has 1 unspecified atom stereocenters. The number of methoxy groups -OCH3 is 1. The number of rotatable bonds is 3. The summed E-state index contributed by atoms with van der Waals surface area (Å²) in [6.07, 6.45) is 1.33. The molecule has 1 rings (SSSR count). The van der Waals surface area contributed by atoms with E-state index in [4.69, 9.17) is 4.74 Å². The number of hydrogen-bond donors (Lipinski definition) is 1. The van der Waals surface area contributed by atoms with Gasteiger partial charge in [-0.1, -0.05) is 6.92 Å². The number of hydrogen-bond acceptors (Lipinski definition) is 2. The van der Waals surface area contributed by atoms with Gasteiger partial charge in [0.05, 0.1) is 7.11 Å². The van der Waals surface area contributed by atoms with Gasteiger partial charge in [-0.05, 0) is 18.1 Å². The minimum absolute atomic E-state index is 0.638. The first-order chi connectivity index (χ1) is 6.19. The highest BCUT2D eigenvalue weighted by Crippen LogP contribution is 2.20. The average Bonchev–Trinajstić information content (AvgIpc) is 2.16. The Morgan fingerprint density at radius 2 is 2.31 bits per heavy atom. The summed E-state index contributed by atoms with van der Waals surface area (Å²) in [7, 11) is 1.53. The number of dihydropyridines is 1. The quantitative estimate of drug-likeness (QED) is 0.733. The van der Waals surface area contributed by atoms with E-state index in [1.54, 1.807) is 0 Å². The van der Waals surface area contributed by atoms with E-state index in [1.165, 1.54) is 19.4 Å². The Bertz CT molecular complexity index is 236. The van der Waals surface area contributed by atoms with Crippen LogP contribution in [-0.2, 0) is 4.74 Å². The highest BCUT2D eigenvalue weighted by Gasteiger charge is 2.21. The highest BCUT2D eigenvalue weighted by molar-refractivity contribution is 5.30. The van der Waals surface area contributed by atoms with E-state index in [-0.39, 0.29) is 0 Å². The second kappa shape index (κ2) is 4.25. The average molecular weight is 189 g/mol. The molecular formula is C9H13F2NO. The van der Waals surface area contributed by atoms with Gasteiger partial charge in [-0.2, -0.15) is 0 Å². The molecular weight excluding hydrogens is 176 g/mol. The first-order valence-corrected chi connectivity index (χ1v) is 4.18. The van der Waals surface area contributed by atoms with Gasteiger partial charge in [0.25, 0.3) is 6.43 Å². The fraction of sp³-hybridized carbons (Fsp3) is 0.556. The van der Waals surface area contributed by atoms with E-state index >= 15 is 0 Å². The van der Waals surface area contributed by atoms with Crippen LogP contribution < -0.4 is 5.32 Å². The summed E-state index contributed by atoms with van der Waals surface area (Å²) in [6, 6.07) is -0.881. The monoisotopic (exact) mass is 189 g/mol. The molecule has 1 aliphatic heterocycles. The maximum atomic E-state index is 12.3. The zero-order valence-electron chi connectivity index (χ0n) is 7.68. The summed E-state index contributed by atoms with van der Waals surface area (Å²) < 4.78 is 29.6. The topological polar surface area (TPSA) is 21.3 Å². The van der Waals surface area contributed by atoms with Crippen LogP contribution in [0.2, 0.25) is 0 Å². The molecule has 2 nitrogen and oxygen atoms in total. The molecule has 1 atom stereocenters. The largest absolute Gasteiger partial charge is 0.495 e. The van der Waals surface area contributed by atoms with Crippen molar-refractivity contribution < 1.29 is 13.5 Å². The van der Waals surface area contributed by atoms with Crippen molar-refractivity contribution in [2.45, 2.75) is 25.8 Å². The smallest absolute Gasteiger partial charge is 0.261 e. The van der Waals surface area contributed by atoms with Crippen molar-refractivity contribution in [1.29, 1.82) is 0 Å². The molecule has 0 aromatic carbocycles. The highest BCUT2D eigenvalue weighted by atomic mass is 19.3. The maximum absolute atomic E-state index is 12.3. The van der Waals surface area contributed by atoms with Crippen LogP contribution in [0.5, 0.6) is 0 Å². The lowest BCUT2D eigenvalue weighted by atomic mass is 10.1. The van der Waals surface area contributed by atoms with Crippen LogP contribution >= 0.6 is 0 Å². The summed E-state index contributed by atoms with van der Waals surface area (Å²) >= 11 is 0. The molecule has 74 valence electrons. The van der Waals surface area contributed by atoms with Gasteiger partial charge in [0.2, 0.25) is 0 Å². The first-order valence-electron chi connectivity index (χ1n) is 4.18. The van der Waals surface area contributed by atoms with E-state index in [9.17, 15) is 8.78 Å². The predicted octanol–water partition coefficient (Wildman–Crippen LogP) is 2.05. The van der Waals surface area contributed by atoms with Crippen molar-refractivity contribution >= 4 is 0 Å². The number of halogens is 2. The SMILES string of the molecule is CCC1=CC(C(F)F)NC=C1OC. The molecule has 1 N–H and O–H groups in total. The molecule has 0 saturated carbocycles. The van der Waals surface area contributed by atoms with Gasteiger partial charge < -0.3 is 10.1 Å². The Hall–Kier alpha value is -1.06. The second-order valence-corrected chi connectivity index (χ2v) is 2.79. The third-order valence-electron chi connectivity index (χ3n) is 1.98. The molecule has 1 aliphatic rings. The molecule has 0 aromatic rings. The van der Waals surface area contributed by atoms with Crippen LogP contribution in [0.4, 0.5) is 8.78 Å². The maximum Gasteiger partial charge on any atom is 0.261 e. The lowest BCUT2D eigenvalue weighted by Crippen LogP contribution is -2.33. The number of alkyl halides is 2. The summed E-state index contributed by atoms with van der Waals surface area (Å²) in [5, 5.41) is 2.57. The van der Waals surface area contributed by atoms with E-state index < -0.39 is 12.5 Å². The molecule has 0 aliphatic carbocycles. The first kappa shape index (κ1) is 10.0. The zero-order chi connectivity index (χ0) is 9.84. The Morgan fingerprint density at radius 3 is 2.77 bits per heavy atom. The van der Waals surface area contributed by atoms with Crippen molar-refractivity contribution in [3.05, 3.63) is 23.6 Å². The summed E-state index contributed by atoms with van der Waals surface area (Å²) in [4.78, 5) is 0. The third kappa shape index (κ3) is 2.20. The molecule has 0 fully saturated rings.